The first-order valence-electron chi connectivity index (χ1n) is 5.46. The van der Waals surface area contributed by atoms with Crippen LogP contribution in [0.5, 0.6) is 0 Å². The summed E-state index contributed by atoms with van der Waals surface area (Å²) in [7, 11) is 2.13. The largest absolute Gasteiger partial charge is 0.390 e. The minimum absolute atomic E-state index is 0.300. The molecule has 0 aliphatic rings. The molecule has 0 fully saturated rings. The summed E-state index contributed by atoms with van der Waals surface area (Å²) < 4.78 is 0. The molecule has 0 aliphatic heterocycles. The smallest absolute Gasteiger partial charge is 0.0603 e. The van der Waals surface area contributed by atoms with Gasteiger partial charge in [0, 0.05) is 12.6 Å². The van der Waals surface area contributed by atoms with Gasteiger partial charge in [-0.2, -0.15) is 0 Å². The van der Waals surface area contributed by atoms with Crippen molar-refractivity contribution in [2.24, 2.45) is 5.41 Å². The summed E-state index contributed by atoms with van der Waals surface area (Å²) in [6, 6.07) is 0.532. The van der Waals surface area contributed by atoms with Gasteiger partial charge in [0.2, 0.25) is 0 Å². The lowest BCUT2D eigenvalue weighted by atomic mass is 9.87. The second kappa shape index (κ2) is 4.63. The minimum Gasteiger partial charge on any atom is -0.390 e. The van der Waals surface area contributed by atoms with Crippen molar-refractivity contribution >= 4 is 0 Å². The maximum absolute atomic E-state index is 9.62. The van der Waals surface area contributed by atoms with Gasteiger partial charge in [-0.1, -0.05) is 20.8 Å². The van der Waals surface area contributed by atoms with E-state index in [9.17, 15) is 5.11 Å². The molecule has 0 saturated heterocycles. The van der Waals surface area contributed by atoms with Crippen molar-refractivity contribution in [3.63, 3.8) is 0 Å². The van der Waals surface area contributed by atoms with Crippen molar-refractivity contribution in [3.8, 4) is 0 Å². The quantitative estimate of drug-likeness (QED) is 0.755. The molecular weight excluding hydrogens is 174 g/mol. The van der Waals surface area contributed by atoms with E-state index in [1.165, 1.54) is 0 Å². The van der Waals surface area contributed by atoms with Crippen LogP contribution in [0.2, 0.25) is 0 Å². The second-order valence-electron chi connectivity index (χ2n) is 6.09. The van der Waals surface area contributed by atoms with E-state index in [1.54, 1.807) is 0 Å². The lowest BCUT2D eigenvalue weighted by molar-refractivity contribution is 0.0464. The highest BCUT2D eigenvalue weighted by Crippen LogP contribution is 2.23. The minimum atomic E-state index is -0.550. The fraction of sp³-hybridized carbons (Fsp3) is 1.00. The number of rotatable bonds is 4. The Balaban J connectivity index is 4.03. The Morgan fingerprint density at radius 2 is 1.57 bits per heavy atom. The highest BCUT2D eigenvalue weighted by atomic mass is 16.3. The van der Waals surface area contributed by atoms with E-state index in [1.807, 2.05) is 13.8 Å². The summed E-state index contributed by atoms with van der Waals surface area (Å²) >= 11 is 0. The molecule has 1 atom stereocenters. The molecular formula is C12H27NO. The molecule has 1 unspecified atom stereocenters. The van der Waals surface area contributed by atoms with Crippen LogP contribution in [0, 0.1) is 5.41 Å². The molecule has 86 valence electrons. The molecule has 14 heavy (non-hydrogen) atoms. The molecule has 0 saturated carbocycles. The van der Waals surface area contributed by atoms with Crippen LogP contribution in [0.15, 0.2) is 0 Å². The summed E-state index contributed by atoms with van der Waals surface area (Å²) in [6.45, 7) is 13.7. The van der Waals surface area contributed by atoms with E-state index in [4.69, 9.17) is 0 Å². The lowest BCUT2D eigenvalue weighted by Gasteiger charge is -2.36. The van der Waals surface area contributed by atoms with Gasteiger partial charge in [-0.05, 0) is 39.7 Å². The maximum Gasteiger partial charge on any atom is 0.0603 e. The second-order valence-corrected chi connectivity index (χ2v) is 6.09. The standard InChI is InChI=1S/C12H27NO/c1-10(11(2,3)4)13(7)9-8-12(5,6)14/h10,14H,8-9H2,1-7H3. The Kier molecular flexibility index (Phi) is 4.60. The Labute approximate surface area is 89.3 Å². The SMILES string of the molecule is CC(N(C)CCC(C)(C)O)C(C)(C)C. The van der Waals surface area contributed by atoms with E-state index in [0.717, 1.165) is 13.0 Å². The van der Waals surface area contributed by atoms with E-state index < -0.39 is 5.60 Å². The first kappa shape index (κ1) is 13.9. The third-order valence-electron chi connectivity index (χ3n) is 2.99. The van der Waals surface area contributed by atoms with Crippen molar-refractivity contribution in [3.05, 3.63) is 0 Å². The van der Waals surface area contributed by atoms with E-state index >= 15 is 0 Å². The van der Waals surface area contributed by atoms with Gasteiger partial charge in [0.1, 0.15) is 0 Å². The highest BCUT2D eigenvalue weighted by molar-refractivity contribution is 4.78. The van der Waals surface area contributed by atoms with Gasteiger partial charge in [0.05, 0.1) is 5.60 Å². The summed E-state index contributed by atoms with van der Waals surface area (Å²) in [5.41, 5.74) is -0.250. The summed E-state index contributed by atoms with van der Waals surface area (Å²) in [5, 5.41) is 9.62. The average molecular weight is 201 g/mol. The normalized spacial score (nSPS) is 16.1. The predicted molar refractivity (Wildman–Crippen MR) is 62.5 cm³/mol. The molecule has 2 nitrogen and oxygen atoms in total. The van der Waals surface area contributed by atoms with Crippen LogP contribution >= 0.6 is 0 Å². The number of nitrogens with zero attached hydrogens (tertiary/aromatic N) is 1. The van der Waals surface area contributed by atoms with Crippen LogP contribution in [-0.2, 0) is 0 Å². The molecule has 0 spiro atoms. The number of aliphatic hydroxyl groups is 1. The van der Waals surface area contributed by atoms with Crippen LogP contribution in [-0.4, -0.2) is 35.2 Å². The van der Waals surface area contributed by atoms with Crippen molar-refractivity contribution in [2.75, 3.05) is 13.6 Å². The van der Waals surface area contributed by atoms with Gasteiger partial charge < -0.3 is 10.0 Å². The van der Waals surface area contributed by atoms with Gasteiger partial charge >= 0.3 is 0 Å². The number of hydrogen-bond acceptors (Lipinski definition) is 2. The Bertz CT molecular complexity index is 164. The molecule has 0 aromatic rings. The molecule has 0 rings (SSSR count). The Morgan fingerprint density at radius 3 is 1.86 bits per heavy atom. The van der Waals surface area contributed by atoms with Crippen LogP contribution in [0.1, 0.15) is 48.0 Å². The molecule has 0 aromatic heterocycles. The highest BCUT2D eigenvalue weighted by Gasteiger charge is 2.24. The predicted octanol–water partition coefficient (Wildman–Crippen LogP) is 2.51. The van der Waals surface area contributed by atoms with E-state index in [2.05, 4.69) is 39.6 Å². The van der Waals surface area contributed by atoms with Crippen molar-refractivity contribution < 1.29 is 5.11 Å². The molecule has 0 amide bonds. The number of hydrogen-bond donors (Lipinski definition) is 1. The fourth-order valence-corrected chi connectivity index (χ4v) is 1.30. The third kappa shape index (κ3) is 5.61. The van der Waals surface area contributed by atoms with Gasteiger partial charge in [0.25, 0.3) is 0 Å². The van der Waals surface area contributed by atoms with Crippen LogP contribution in [0.3, 0.4) is 0 Å². The molecule has 0 bridgehead atoms. The zero-order valence-corrected chi connectivity index (χ0v) is 10.9. The zero-order valence-electron chi connectivity index (χ0n) is 10.9. The van der Waals surface area contributed by atoms with E-state index in [0.29, 0.717) is 11.5 Å². The van der Waals surface area contributed by atoms with Crippen LogP contribution < -0.4 is 0 Å². The van der Waals surface area contributed by atoms with Crippen LogP contribution in [0.25, 0.3) is 0 Å². The Morgan fingerprint density at radius 1 is 1.14 bits per heavy atom. The summed E-state index contributed by atoms with van der Waals surface area (Å²) in [6.07, 6.45) is 0.823. The van der Waals surface area contributed by atoms with Gasteiger partial charge in [-0.3, -0.25) is 0 Å². The van der Waals surface area contributed by atoms with Crippen molar-refractivity contribution in [2.45, 2.75) is 59.6 Å². The zero-order chi connectivity index (χ0) is 11.6. The topological polar surface area (TPSA) is 23.5 Å². The first-order valence-corrected chi connectivity index (χ1v) is 5.46. The monoisotopic (exact) mass is 201 g/mol. The molecule has 1 N–H and O–H groups in total. The third-order valence-corrected chi connectivity index (χ3v) is 2.99. The maximum atomic E-state index is 9.62. The van der Waals surface area contributed by atoms with Crippen LogP contribution in [0.4, 0.5) is 0 Å². The lowest BCUT2D eigenvalue weighted by Crippen LogP contribution is -2.41. The van der Waals surface area contributed by atoms with E-state index in [-0.39, 0.29) is 0 Å². The molecule has 0 aromatic carbocycles. The fourth-order valence-electron chi connectivity index (χ4n) is 1.30. The summed E-state index contributed by atoms with van der Waals surface area (Å²) in [4.78, 5) is 2.32. The summed E-state index contributed by atoms with van der Waals surface area (Å²) in [5.74, 6) is 0. The Hall–Kier alpha value is -0.0800. The van der Waals surface area contributed by atoms with Gasteiger partial charge in [-0.25, -0.2) is 0 Å². The molecule has 0 radical (unpaired) electrons. The molecule has 2 heteroatoms. The molecule has 0 aliphatic carbocycles. The van der Waals surface area contributed by atoms with Gasteiger partial charge in [0.15, 0.2) is 0 Å². The van der Waals surface area contributed by atoms with Crippen molar-refractivity contribution in [1.82, 2.24) is 4.90 Å². The first-order chi connectivity index (χ1) is 6.04. The van der Waals surface area contributed by atoms with Crippen molar-refractivity contribution in [1.29, 1.82) is 0 Å². The molecule has 0 heterocycles. The average Bonchev–Trinajstić information content (AvgIpc) is 1.95. The van der Waals surface area contributed by atoms with Gasteiger partial charge in [-0.15, -0.1) is 0 Å².